The van der Waals surface area contributed by atoms with E-state index in [4.69, 9.17) is 5.73 Å². The molecule has 6 nitrogen and oxygen atoms in total. The molecule has 1 atom stereocenters. The number of anilines is 1. The van der Waals surface area contributed by atoms with Crippen LogP contribution in [0, 0.1) is 11.6 Å². The molecule has 1 aliphatic rings. The number of hydrogen-bond acceptors (Lipinski definition) is 5. The maximum absolute atomic E-state index is 13.9. The molecule has 3 aromatic rings. The first-order chi connectivity index (χ1) is 13.9. The molecule has 1 aromatic heterocycles. The van der Waals surface area contributed by atoms with E-state index in [1.807, 2.05) is 0 Å². The van der Waals surface area contributed by atoms with Gasteiger partial charge in [-0.3, -0.25) is 4.79 Å². The zero-order valence-corrected chi connectivity index (χ0v) is 16.2. The SMILES string of the molecule is CC1=C(C(N)=O)C(c2ccc(F)cc2)n2nc(SCc3ccccc3F)nc2N1. The topological polar surface area (TPSA) is 85.8 Å². The van der Waals surface area contributed by atoms with Crippen LogP contribution in [-0.2, 0) is 10.5 Å². The van der Waals surface area contributed by atoms with Crippen LogP contribution >= 0.6 is 11.8 Å². The minimum Gasteiger partial charge on any atom is -0.366 e. The van der Waals surface area contributed by atoms with Gasteiger partial charge in [-0.1, -0.05) is 42.1 Å². The van der Waals surface area contributed by atoms with E-state index in [1.165, 1.54) is 30.0 Å². The Labute approximate surface area is 169 Å². The van der Waals surface area contributed by atoms with Crippen molar-refractivity contribution in [3.63, 3.8) is 0 Å². The maximum atomic E-state index is 13.9. The van der Waals surface area contributed by atoms with Crippen molar-refractivity contribution in [2.75, 3.05) is 5.32 Å². The fourth-order valence-electron chi connectivity index (χ4n) is 3.22. The van der Waals surface area contributed by atoms with Crippen LogP contribution in [-0.4, -0.2) is 20.7 Å². The summed E-state index contributed by atoms with van der Waals surface area (Å²) in [7, 11) is 0. The number of carbonyl (C=O) groups excluding carboxylic acids is 1. The minimum absolute atomic E-state index is 0.292. The highest BCUT2D eigenvalue weighted by molar-refractivity contribution is 7.98. The normalized spacial score (nSPS) is 15.8. The van der Waals surface area contributed by atoms with Gasteiger partial charge < -0.3 is 11.1 Å². The van der Waals surface area contributed by atoms with Crippen molar-refractivity contribution < 1.29 is 13.6 Å². The summed E-state index contributed by atoms with van der Waals surface area (Å²) in [5.41, 5.74) is 7.68. The number of thioether (sulfide) groups is 1. The summed E-state index contributed by atoms with van der Waals surface area (Å²) in [4.78, 5) is 16.6. The number of fused-ring (bicyclic) bond motifs is 1. The molecule has 9 heteroatoms. The van der Waals surface area contributed by atoms with Crippen molar-refractivity contribution in [3.05, 3.63) is 82.6 Å². The standard InChI is InChI=1S/C20H17F2N5OS/c1-11-16(18(23)28)17(12-6-8-14(21)9-7-12)27-19(24-11)25-20(26-27)29-10-13-4-2-3-5-15(13)22/h2-9,17H,10H2,1H3,(H2,23,28)(H,24,25,26). The smallest absolute Gasteiger partial charge is 0.248 e. The fourth-order valence-corrected chi connectivity index (χ4v) is 4.04. The number of carbonyl (C=O) groups is 1. The lowest BCUT2D eigenvalue weighted by atomic mass is 9.95. The number of amides is 1. The molecule has 1 amide bonds. The Morgan fingerprint density at radius 1 is 1.21 bits per heavy atom. The van der Waals surface area contributed by atoms with Crippen LogP contribution in [0.15, 0.2) is 65.0 Å². The summed E-state index contributed by atoms with van der Waals surface area (Å²) in [6.07, 6.45) is 0. The number of hydrogen-bond donors (Lipinski definition) is 2. The Balaban J connectivity index is 1.69. The van der Waals surface area contributed by atoms with Gasteiger partial charge in [0.15, 0.2) is 0 Å². The number of primary amides is 1. The van der Waals surface area contributed by atoms with E-state index in [1.54, 1.807) is 41.9 Å². The summed E-state index contributed by atoms with van der Waals surface area (Å²) >= 11 is 1.27. The molecule has 0 saturated heterocycles. The number of nitrogens with one attached hydrogen (secondary N) is 1. The van der Waals surface area contributed by atoms with Gasteiger partial charge in [0.25, 0.3) is 0 Å². The molecule has 29 heavy (non-hydrogen) atoms. The third kappa shape index (κ3) is 3.73. The van der Waals surface area contributed by atoms with E-state index in [0.29, 0.717) is 39.3 Å². The monoisotopic (exact) mass is 413 g/mol. The first kappa shape index (κ1) is 19.1. The van der Waals surface area contributed by atoms with Crippen molar-refractivity contribution in [2.45, 2.75) is 23.9 Å². The molecule has 0 fully saturated rings. The number of rotatable bonds is 5. The Morgan fingerprint density at radius 2 is 1.93 bits per heavy atom. The van der Waals surface area contributed by atoms with Crippen molar-refractivity contribution in [1.29, 1.82) is 0 Å². The van der Waals surface area contributed by atoms with Crippen molar-refractivity contribution in [3.8, 4) is 0 Å². The summed E-state index contributed by atoms with van der Waals surface area (Å²) < 4.78 is 28.8. The Kier molecular flexibility index (Phi) is 5.06. The Morgan fingerprint density at radius 3 is 2.62 bits per heavy atom. The van der Waals surface area contributed by atoms with Crippen LogP contribution in [0.2, 0.25) is 0 Å². The first-order valence-electron chi connectivity index (χ1n) is 8.80. The predicted octanol–water partition coefficient (Wildman–Crippen LogP) is 3.62. The third-order valence-electron chi connectivity index (χ3n) is 4.60. The van der Waals surface area contributed by atoms with Crippen LogP contribution in [0.25, 0.3) is 0 Å². The van der Waals surface area contributed by atoms with E-state index in [9.17, 15) is 13.6 Å². The number of halogens is 2. The summed E-state index contributed by atoms with van der Waals surface area (Å²) in [5, 5.41) is 7.95. The second-order valence-corrected chi connectivity index (χ2v) is 7.47. The van der Waals surface area contributed by atoms with Crippen molar-refractivity contribution in [1.82, 2.24) is 14.8 Å². The molecule has 2 heterocycles. The molecular formula is C20H17F2N5OS. The molecular weight excluding hydrogens is 396 g/mol. The lowest BCUT2D eigenvalue weighted by Gasteiger charge is -2.27. The molecule has 0 saturated carbocycles. The highest BCUT2D eigenvalue weighted by Gasteiger charge is 2.33. The highest BCUT2D eigenvalue weighted by atomic mass is 32.2. The molecule has 3 N–H and O–H groups in total. The number of nitrogens with two attached hydrogens (primary N) is 1. The average Bonchev–Trinajstić information content (AvgIpc) is 3.09. The number of aromatic nitrogens is 3. The molecule has 4 rings (SSSR count). The van der Waals surface area contributed by atoms with Gasteiger partial charge in [-0.2, -0.15) is 4.98 Å². The van der Waals surface area contributed by atoms with Gasteiger partial charge in [0.05, 0.1) is 5.57 Å². The van der Waals surface area contributed by atoms with E-state index in [0.717, 1.165) is 0 Å². The van der Waals surface area contributed by atoms with E-state index in [2.05, 4.69) is 15.4 Å². The zero-order valence-electron chi connectivity index (χ0n) is 15.4. The molecule has 148 valence electrons. The molecule has 0 aliphatic carbocycles. The largest absolute Gasteiger partial charge is 0.366 e. The molecule has 0 bridgehead atoms. The Hall–Kier alpha value is -3.20. The van der Waals surface area contributed by atoms with Gasteiger partial charge >= 0.3 is 0 Å². The molecule has 0 spiro atoms. The summed E-state index contributed by atoms with van der Waals surface area (Å²) in [6, 6.07) is 11.7. The second kappa shape index (κ2) is 7.67. The lowest BCUT2D eigenvalue weighted by molar-refractivity contribution is -0.115. The first-order valence-corrected chi connectivity index (χ1v) is 9.78. The van der Waals surface area contributed by atoms with Crippen LogP contribution in [0.5, 0.6) is 0 Å². The van der Waals surface area contributed by atoms with Crippen LogP contribution in [0.4, 0.5) is 14.7 Å². The second-order valence-electron chi connectivity index (χ2n) is 6.52. The molecule has 1 aliphatic heterocycles. The van der Waals surface area contributed by atoms with Gasteiger partial charge in [0.1, 0.15) is 17.7 Å². The van der Waals surface area contributed by atoms with Gasteiger partial charge in [-0.05, 0) is 36.2 Å². The molecule has 1 unspecified atom stereocenters. The fraction of sp³-hybridized carbons (Fsp3) is 0.150. The third-order valence-corrected chi connectivity index (χ3v) is 5.49. The highest BCUT2D eigenvalue weighted by Crippen LogP contribution is 2.36. The van der Waals surface area contributed by atoms with Crippen molar-refractivity contribution >= 4 is 23.6 Å². The number of allylic oxidation sites excluding steroid dienone is 1. The molecule has 0 radical (unpaired) electrons. The Bertz CT molecular complexity index is 1110. The van der Waals surface area contributed by atoms with Crippen LogP contribution < -0.4 is 11.1 Å². The summed E-state index contributed by atoms with van der Waals surface area (Å²) in [6.45, 7) is 1.72. The zero-order chi connectivity index (χ0) is 20.5. The van der Waals surface area contributed by atoms with Gasteiger partial charge in [-0.15, -0.1) is 5.10 Å². The van der Waals surface area contributed by atoms with Crippen molar-refractivity contribution in [2.24, 2.45) is 5.73 Å². The van der Waals surface area contributed by atoms with E-state index in [-0.39, 0.29) is 11.6 Å². The number of benzene rings is 2. The van der Waals surface area contributed by atoms with Crippen LogP contribution in [0.3, 0.4) is 0 Å². The minimum atomic E-state index is -0.639. The molecule has 2 aromatic carbocycles. The van der Waals surface area contributed by atoms with Crippen LogP contribution in [0.1, 0.15) is 24.1 Å². The quantitative estimate of drug-likeness (QED) is 0.624. The van der Waals surface area contributed by atoms with Gasteiger partial charge in [-0.25, -0.2) is 13.5 Å². The van der Waals surface area contributed by atoms with E-state index < -0.39 is 11.9 Å². The maximum Gasteiger partial charge on any atom is 0.248 e. The number of nitrogens with zero attached hydrogens (tertiary/aromatic N) is 3. The van der Waals surface area contributed by atoms with Gasteiger partial charge in [0.2, 0.25) is 17.0 Å². The summed E-state index contributed by atoms with van der Waals surface area (Å²) in [5.74, 6) is -0.500. The average molecular weight is 413 g/mol. The van der Waals surface area contributed by atoms with E-state index >= 15 is 0 Å². The lowest BCUT2D eigenvalue weighted by Crippen LogP contribution is -2.31. The predicted molar refractivity (Wildman–Crippen MR) is 106 cm³/mol. The van der Waals surface area contributed by atoms with Gasteiger partial charge in [0, 0.05) is 11.4 Å².